The van der Waals surface area contributed by atoms with E-state index in [1.165, 1.54) is 0 Å². The number of carbonyl (C=O) groups excluding carboxylic acids is 2. The van der Waals surface area contributed by atoms with Crippen LogP contribution in [-0.2, 0) is 14.3 Å². The molecule has 0 saturated heterocycles. The second-order valence-electron chi connectivity index (χ2n) is 2.38. The molecule has 64 valence electrons. The largest absolute Gasteiger partial charge is 0.463 e. The number of aldehydes is 1. The standard InChI is InChI=1S/C9H10O3/c1-2-12-9(11)8-5-3-4-7(8)6-10/h3-4,6H,2,5H2,1H3. The van der Waals surface area contributed by atoms with Crippen LogP contribution >= 0.6 is 0 Å². The Kier molecular flexibility index (Phi) is 2.80. The number of allylic oxidation sites excluding steroid dienone is 3. The van der Waals surface area contributed by atoms with Gasteiger partial charge in [0.15, 0.2) is 6.29 Å². The summed E-state index contributed by atoms with van der Waals surface area (Å²) < 4.78 is 4.76. The first-order valence-corrected chi connectivity index (χ1v) is 3.81. The summed E-state index contributed by atoms with van der Waals surface area (Å²) in [5, 5.41) is 0. The van der Waals surface area contributed by atoms with Crippen molar-refractivity contribution in [3.8, 4) is 0 Å². The molecule has 0 unspecified atom stereocenters. The highest BCUT2D eigenvalue weighted by Gasteiger charge is 2.16. The predicted octanol–water partition coefficient (Wildman–Crippen LogP) is 1.00. The van der Waals surface area contributed by atoms with E-state index in [2.05, 4.69) is 0 Å². The molecule has 0 bridgehead atoms. The zero-order chi connectivity index (χ0) is 8.97. The normalized spacial score (nSPS) is 15.1. The highest BCUT2D eigenvalue weighted by molar-refractivity contribution is 5.98. The van der Waals surface area contributed by atoms with Crippen molar-refractivity contribution in [2.45, 2.75) is 13.3 Å². The molecule has 0 spiro atoms. The van der Waals surface area contributed by atoms with E-state index in [0.29, 0.717) is 30.5 Å². The summed E-state index contributed by atoms with van der Waals surface area (Å²) in [6.07, 6.45) is 4.60. The highest BCUT2D eigenvalue weighted by Crippen LogP contribution is 2.18. The molecule has 0 aliphatic heterocycles. The van der Waals surface area contributed by atoms with Gasteiger partial charge in [-0.3, -0.25) is 4.79 Å². The predicted molar refractivity (Wildman–Crippen MR) is 43.5 cm³/mol. The number of rotatable bonds is 3. The summed E-state index contributed by atoms with van der Waals surface area (Å²) in [4.78, 5) is 21.5. The van der Waals surface area contributed by atoms with E-state index < -0.39 is 0 Å². The van der Waals surface area contributed by atoms with Crippen LogP contribution in [0.15, 0.2) is 23.3 Å². The van der Waals surface area contributed by atoms with Crippen molar-refractivity contribution in [1.82, 2.24) is 0 Å². The first kappa shape index (κ1) is 8.71. The van der Waals surface area contributed by atoms with Gasteiger partial charge in [-0.05, 0) is 13.3 Å². The minimum Gasteiger partial charge on any atom is -0.463 e. The highest BCUT2D eigenvalue weighted by atomic mass is 16.5. The quantitative estimate of drug-likeness (QED) is 0.464. The summed E-state index contributed by atoms with van der Waals surface area (Å²) in [6.45, 7) is 2.08. The molecule has 0 fully saturated rings. The lowest BCUT2D eigenvalue weighted by Gasteiger charge is -2.01. The molecule has 0 atom stereocenters. The summed E-state index contributed by atoms with van der Waals surface area (Å²) in [5.74, 6) is -0.385. The van der Waals surface area contributed by atoms with Crippen LogP contribution in [0, 0.1) is 0 Å². The molecular formula is C9H10O3. The Morgan fingerprint density at radius 2 is 2.50 bits per heavy atom. The van der Waals surface area contributed by atoms with Crippen LogP contribution in [0.25, 0.3) is 0 Å². The second kappa shape index (κ2) is 3.85. The Hall–Kier alpha value is -1.38. The molecule has 3 nitrogen and oxygen atoms in total. The molecule has 12 heavy (non-hydrogen) atoms. The summed E-state index contributed by atoms with van der Waals surface area (Å²) >= 11 is 0. The fourth-order valence-corrected chi connectivity index (χ4v) is 1.05. The summed E-state index contributed by atoms with van der Waals surface area (Å²) in [6, 6.07) is 0. The van der Waals surface area contributed by atoms with Gasteiger partial charge in [0.2, 0.25) is 0 Å². The average Bonchev–Trinajstić information content (AvgIpc) is 2.51. The van der Waals surface area contributed by atoms with Crippen molar-refractivity contribution < 1.29 is 14.3 Å². The minimum absolute atomic E-state index is 0.342. The van der Waals surface area contributed by atoms with Gasteiger partial charge in [-0.1, -0.05) is 12.2 Å². The number of hydrogen-bond donors (Lipinski definition) is 0. The van der Waals surface area contributed by atoms with Crippen LogP contribution in [0.5, 0.6) is 0 Å². The van der Waals surface area contributed by atoms with E-state index in [1.54, 1.807) is 19.1 Å². The number of carbonyl (C=O) groups is 2. The minimum atomic E-state index is -0.385. The van der Waals surface area contributed by atoms with Crippen molar-refractivity contribution >= 4 is 12.3 Å². The van der Waals surface area contributed by atoms with Crippen molar-refractivity contribution in [3.63, 3.8) is 0 Å². The van der Waals surface area contributed by atoms with Crippen molar-refractivity contribution in [2.75, 3.05) is 6.61 Å². The van der Waals surface area contributed by atoms with Gasteiger partial charge in [0.25, 0.3) is 0 Å². The Balaban J connectivity index is 2.75. The number of esters is 1. The molecule has 0 N–H and O–H groups in total. The maximum absolute atomic E-state index is 11.1. The molecule has 0 amide bonds. The van der Waals surface area contributed by atoms with Gasteiger partial charge in [0.1, 0.15) is 0 Å². The Morgan fingerprint density at radius 3 is 3.08 bits per heavy atom. The lowest BCUT2D eigenvalue weighted by molar-refractivity contribution is -0.138. The first-order chi connectivity index (χ1) is 5.79. The average molecular weight is 166 g/mol. The van der Waals surface area contributed by atoms with Crippen LogP contribution in [-0.4, -0.2) is 18.9 Å². The van der Waals surface area contributed by atoms with Gasteiger partial charge in [-0.25, -0.2) is 4.79 Å². The van der Waals surface area contributed by atoms with E-state index >= 15 is 0 Å². The van der Waals surface area contributed by atoms with E-state index in [1.807, 2.05) is 0 Å². The Bertz CT molecular complexity index is 261. The van der Waals surface area contributed by atoms with E-state index in [-0.39, 0.29) is 5.97 Å². The van der Waals surface area contributed by atoms with Gasteiger partial charge < -0.3 is 4.74 Å². The maximum atomic E-state index is 11.1. The van der Waals surface area contributed by atoms with Crippen LogP contribution in [0.3, 0.4) is 0 Å². The van der Waals surface area contributed by atoms with E-state index in [9.17, 15) is 9.59 Å². The Labute approximate surface area is 70.7 Å². The van der Waals surface area contributed by atoms with Gasteiger partial charge in [-0.15, -0.1) is 0 Å². The summed E-state index contributed by atoms with van der Waals surface area (Å²) in [5.41, 5.74) is 0.903. The van der Waals surface area contributed by atoms with Crippen molar-refractivity contribution in [3.05, 3.63) is 23.3 Å². The van der Waals surface area contributed by atoms with E-state index in [4.69, 9.17) is 4.74 Å². The lowest BCUT2D eigenvalue weighted by atomic mass is 10.1. The zero-order valence-electron chi connectivity index (χ0n) is 6.87. The third kappa shape index (κ3) is 1.61. The molecule has 1 aliphatic carbocycles. The maximum Gasteiger partial charge on any atom is 0.335 e. The molecule has 3 heteroatoms. The second-order valence-corrected chi connectivity index (χ2v) is 2.38. The van der Waals surface area contributed by atoms with Crippen LogP contribution < -0.4 is 0 Å². The SMILES string of the molecule is CCOC(=O)C1=C(C=O)C=CC1. The summed E-state index contributed by atoms with van der Waals surface area (Å²) in [7, 11) is 0. The van der Waals surface area contributed by atoms with Gasteiger partial charge in [0, 0.05) is 5.57 Å². The monoisotopic (exact) mass is 166 g/mol. The van der Waals surface area contributed by atoms with Gasteiger partial charge >= 0.3 is 5.97 Å². The zero-order valence-corrected chi connectivity index (χ0v) is 6.87. The van der Waals surface area contributed by atoms with Crippen LogP contribution in [0.4, 0.5) is 0 Å². The molecule has 0 saturated carbocycles. The van der Waals surface area contributed by atoms with E-state index in [0.717, 1.165) is 0 Å². The third-order valence-electron chi connectivity index (χ3n) is 1.62. The molecule has 0 aromatic heterocycles. The number of ether oxygens (including phenoxy) is 1. The molecule has 1 aliphatic rings. The van der Waals surface area contributed by atoms with Crippen LogP contribution in [0.2, 0.25) is 0 Å². The molecule has 1 rings (SSSR count). The first-order valence-electron chi connectivity index (χ1n) is 3.81. The molecule has 0 aromatic carbocycles. The smallest absolute Gasteiger partial charge is 0.335 e. The van der Waals surface area contributed by atoms with Gasteiger partial charge in [-0.2, -0.15) is 0 Å². The molecule has 0 heterocycles. The molecule has 0 aromatic rings. The third-order valence-corrected chi connectivity index (χ3v) is 1.62. The number of hydrogen-bond acceptors (Lipinski definition) is 3. The Morgan fingerprint density at radius 1 is 1.75 bits per heavy atom. The lowest BCUT2D eigenvalue weighted by Crippen LogP contribution is -2.08. The molecule has 0 radical (unpaired) electrons. The fourth-order valence-electron chi connectivity index (χ4n) is 1.05. The molecular weight excluding hydrogens is 156 g/mol. The van der Waals surface area contributed by atoms with Crippen LogP contribution in [0.1, 0.15) is 13.3 Å². The van der Waals surface area contributed by atoms with Gasteiger partial charge in [0.05, 0.1) is 12.2 Å². The fraction of sp³-hybridized carbons (Fsp3) is 0.333. The topological polar surface area (TPSA) is 43.4 Å². The van der Waals surface area contributed by atoms with Crippen molar-refractivity contribution in [1.29, 1.82) is 0 Å². The van der Waals surface area contributed by atoms with Crippen molar-refractivity contribution in [2.24, 2.45) is 0 Å².